The summed E-state index contributed by atoms with van der Waals surface area (Å²) in [6, 6.07) is 4.45. The van der Waals surface area contributed by atoms with E-state index in [1.807, 2.05) is 4.90 Å². The summed E-state index contributed by atoms with van der Waals surface area (Å²) in [5, 5.41) is 20.7. The van der Waals surface area contributed by atoms with Crippen LogP contribution in [0.2, 0.25) is 0 Å². The first kappa shape index (κ1) is 12.6. The number of hydrogen-bond donors (Lipinski definition) is 2. The number of hydrogen-bond acceptors (Lipinski definition) is 5. The number of anilines is 2. The molecule has 18 heavy (non-hydrogen) atoms. The molecule has 0 saturated carbocycles. The van der Waals surface area contributed by atoms with Crippen molar-refractivity contribution < 1.29 is 10.0 Å². The maximum absolute atomic E-state index is 10.6. The molecule has 1 atom stereocenters. The predicted molar refractivity (Wildman–Crippen MR) is 69.6 cm³/mol. The van der Waals surface area contributed by atoms with Crippen LogP contribution >= 0.6 is 0 Å². The van der Waals surface area contributed by atoms with Crippen molar-refractivity contribution in [3.05, 3.63) is 28.3 Å². The highest BCUT2D eigenvalue weighted by atomic mass is 16.6. The molecule has 0 amide bonds. The third kappa shape index (κ3) is 2.53. The molecule has 1 fully saturated rings. The maximum Gasteiger partial charge on any atom is 0.271 e. The zero-order valence-electron chi connectivity index (χ0n) is 10.3. The molecule has 1 aromatic carbocycles. The molecule has 1 aromatic rings. The van der Waals surface area contributed by atoms with E-state index >= 15 is 0 Å². The molecular weight excluding hydrogens is 234 g/mol. The molecule has 2 rings (SSSR count). The van der Waals surface area contributed by atoms with Crippen LogP contribution in [0.25, 0.3) is 0 Å². The summed E-state index contributed by atoms with van der Waals surface area (Å²) in [7, 11) is 0. The number of piperidine rings is 1. The van der Waals surface area contributed by atoms with Gasteiger partial charge in [-0.1, -0.05) is 0 Å². The number of β-amino-alcohol motifs (C(OH)–C–C–N with tert-alkyl or cyclic N) is 1. The van der Waals surface area contributed by atoms with E-state index in [9.17, 15) is 15.2 Å². The fourth-order valence-electron chi connectivity index (χ4n) is 2.37. The molecule has 0 bridgehead atoms. The highest BCUT2D eigenvalue weighted by molar-refractivity contribution is 5.71. The lowest BCUT2D eigenvalue weighted by Gasteiger charge is -2.38. The summed E-state index contributed by atoms with van der Waals surface area (Å²) in [5.41, 5.74) is 6.23. The van der Waals surface area contributed by atoms with E-state index < -0.39 is 10.5 Å². The number of rotatable bonds is 2. The third-order valence-corrected chi connectivity index (χ3v) is 3.24. The minimum Gasteiger partial charge on any atom is -0.397 e. The Bertz CT molecular complexity index is 474. The molecule has 1 unspecified atom stereocenters. The molecule has 1 saturated heterocycles. The molecule has 0 spiro atoms. The highest BCUT2D eigenvalue weighted by Gasteiger charge is 2.29. The first-order chi connectivity index (χ1) is 8.39. The van der Waals surface area contributed by atoms with Gasteiger partial charge in [-0.3, -0.25) is 10.1 Å². The average molecular weight is 251 g/mol. The zero-order chi connectivity index (χ0) is 13.3. The van der Waals surface area contributed by atoms with Gasteiger partial charge in [0.05, 0.1) is 21.9 Å². The Balaban J connectivity index is 2.26. The molecule has 1 aliphatic rings. The van der Waals surface area contributed by atoms with E-state index in [2.05, 4.69) is 0 Å². The Morgan fingerprint density at radius 2 is 2.28 bits per heavy atom. The van der Waals surface area contributed by atoms with E-state index in [1.165, 1.54) is 12.1 Å². The summed E-state index contributed by atoms with van der Waals surface area (Å²) in [6.45, 7) is 3.09. The first-order valence-corrected chi connectivity index (χ1v) is 5.90. The highest BCUT2D eigenvalue weighted by Crippen LogP contribution is 2.31. The van der Waals surface area contributed by atoms with Gasteiger partial charge in [0.2, 0.25) is 0 Å². The molecule has 1 heterocycles. The van der Waals surface area contributed by atoms with Gasteiger partial charge in [-0.15, -0.1) is 0 Å². The average Bonchev–Trinajstić information content (AvgIpc) is 2.27. The fourth-order valence-corrected chi connectivity index (χ4v) is 2.37. The van der Waals surface area contributed by atoms with Crippen LogP contribution in [0.15, 0.2) is 18.2 Å². The van der Waals surface area contributed by atoms with Gasteiger partial charge in [0.15, 0.2) is 0 Å². The predicted octanol–water partition coefficient (Wildman–Crippen LogP) is 1.53. The van der Waals surface area contributed by atoms with E-state index in [4.69, 9.17) is 5.73 Å². The second-order valence-electron chi connectivity index (χ2n) is 5.02. The van der Waals surface area contributed by atoms with Gasteiger partial charge in [0.25, 0.3) is 5.69 Å². The van der Waals surface area contributed by atoms with Crippen molar-refractivity contribution in [1.82, 2.24) is 0 Å². The van der Waals surface area contributed by atoms with Crippen LogP contribution < -0.4 is 10.6 Å². The van der Waals surface area contributed by atoms with Gasteiger partial charge in [0, 0.05) is 25.2 Å². The topological polar surface area (TPSA) is 92.6 Å². The zero-order valence-corrected chi connectivity index (χ0v) is 10.3. The van der Waals surface area contributed by atoms with E-state index in [1.54, 1.807) is 13.0 Å². The standard InChI is InChI=1S/C12H17N3O3/c1-12(16)5-2-6-14(8-12)11-4-3-9(15(17)18)7-10(11)13/h3-4,7,16H,2,5-6,8,13H2,1H3. The number of aliphatic hydroxyl groups is 1. The number of nitrogens with zero attached hydrogens (tertiary/aromatic N) is 2. The second kappa shape index (κ2) is 4.45. The monoisotopic (exact) mass is 251 g/mol. The quantitative estimate of drug-likeness (QED) is 0.472. The van der Waals surface area contributed by atoms with Gasteiger partial charge < -0.3 is 15.7 Å². The van der Waals surface area contributed by atoms with Crippen molar-refractivity contribution in [3.63, 3.8) is 0 Å². The summed E-state index contributed by atoms with van der Waals surface area (Å²) in [6.07, 6.45) is 1.64. The largest absolute Gasteiger partial charge is 0.397 e. The Labute approximate surface area is 105 Å². The van der Waals surface area contributed by atoms with Crippen LogP contribution in [0.3, 0.4) is 0 Å². The van der Waals surface area contributed by atoms with Crippen LogP contribution in [0, 0.1) is 10.1 Å². The molecule has 0 aromatic heterocycles. The maximum atomic E-state index is 10.6. The Hall–Kier alpha value is -1.82. The number of nitro benzene ring substituents is 1. The van der Waals surface area contributed by atoms with Crippen molar-refractivity contribution in [3.8, 4) is 0 Å². The third-order valence-electron chi connectivity index (χ3n) is 3.24. The van der Waals surface area contributed by atoms with Crippen molar-refractivity contribution in [2.75, 3.05) is 23.7 Å². The lowest BCUT2D eigenvalue weighted by Crippen LogP contribution is -2.46. The summed E-state index contributed by atoms with van der Waals surface area (Å²) >= 11 is 0. The smallest absolute Gasteiger partial charge is 0.271 e. The van der Waals surface area contributed by atoms with Gasteiger partial charge in [0.1, 0.15) is 0 Å². The first-order valence-electron chi connectivity index (χ1n) is 5.90. The summed E-state index contributed by atoms with van der Waals surface area (Å²) < 4.78 is 0. The Kier molecular flexibility index (Phi) is 3.13. The Morgan fingerprint density at radius 1 is 1.56 bits per heavy atom. The van der Waals surface area contributed by atoms with Crippen molar-refractivity contribution >= 4 is 17.1 Å². The molecule has 98 valence electrons. The van der Waals surface area contributed by atoms with Crippen molar-refractivity contribution in [2.45, 2.75) is 25.4 Å². The molecule has 0 radical (unpaired) electrons. The van der Waals surface area contributed by atoms with Gasteiger partial charge in [-0.2, -0.15) is 0 Å². The van der Waals surface area contributed by atoms with Gasteiger partial charge in [-0.05, 0) is 25.8 Å². The number of nitrogens with two attached hydrogens (primary N) is 1. The van der Waals surface area contributed by atoms with Crippen LogP contribution in [0.4, 0.5) is 17.1 Å². The molecule has 0 aliphatic carbocycles. The lowest BCUT2D eigenvalue weighted by molar-refractivity contribution is -0.384. The Morgan fingerprint density at radius 3 is 2.83 bits per heavy atom. The van der Waals surface area contributed by atoms with Crippen LogP contribution in [0.5, 0.6) is 0 Å². The van der Waals surface area contributed by atoms with Crippen LogP contribution in [0.1, 0.15) is 19.8 Å². The summed E-state index contributed by atoms with van der Waals surface area (Å²) in [5.74, 6) is 0. The fraction of sp³-hybridized carbons (Fsp3) is 0.500. The molecule has 6 heteroatoms. The number of nitro groups is 1. The minimum atomic E-state index is -0.730. The lowest BCUT2D eigenvalue weighted by atomic mass is 9.94. The molecule has 6 nitrogen and oxygen atoms in total. The van der Waals surface area contributed by atoms with Gasteiger partial charge >= 0.3 is 0 Å². The van der Waals surface area contributed by atoms with E-state index in [0.717, 1.165) is 25.1 Å². The van der Waals surface area contributed by atoms with Crippen molar-refractivity contribution in [1.29, 1.82) is 0 Å². The number of non-ortho nitro benzene ring substituents is 1. The number of benzene rings is 1. The van der Waals surface area contributed by atoms with Crippen molar-refractivity contribution in [2.24, 2.45) is 0 Å². The normalized spacial score (nSPS) is 24.0. The molecule has 1 aliphatic heterocycles. The molecule has 3 N–H and O–H groups in total. The van der Waals surface area contributed by atoms with Gasteiger partial charge in [-0.25, -0.2) is 0 Å². The summed E-state index contributed by atoms with van der Waals surface area (Å²) in [4.78, 5) is 12.1. The molecular formula is C12H17N3O3. The SMILES string of the molecule is CC1(O)CCCN(c2ccc([N+](=O)[O-])cc2N)C1. The second-order valence-corrected chi connectivity index (χ2v) is 5.02. The van der Waals surface area contributed by atoms with E-state index in [-0.39, 0.29) is 5.69 Å². The number of nitrogen functional groups attached to an aromatic ring is 1. The van der Waals surface area contributed by atoms with Crippen LogP contribution in [-0.2, 0) is 0 Å². The minimum absolute atomic E-state index is 0.0139. The van der Waals surface area contributed by atoms with Crippen LogP contribution in [-0.4, -0.2) is 28.7 Å². The van der Waals surface area contributed by atoms with E-state index in [0.29, 0.717) is 12.2 Å².